The Kier molecular flexibility index (Phi) is 4.21. The van der Waals surface area contributed by atoms with Crippen LogP contribution in [0.5, 0.6) is 5.75 Å². The van der Waals surface area contributed by atoms with Gasteiger partial charge in [-0.1, -0.05) is 12.1 Å². The molecule has 20 heavy (non-hydrogen) atoms. The molecule has 0 atom stereocenters. The summed E-state index contributed by atoms with van der Waals surface area (Å²) in [7, 11) is 0. The van der Waals surface area contributed by atoms with Gasteiger partial charge in [0.2, 0.25) is 5.91 Å². The molecule has 1 aromatic carbocycles. The number of amides is 1. The quantitative estimate of drug-likeness (QED) is 0.918. The zero-order chi connectivity index (χ0) is 13.8. The fourth-order valence-electron chi connectivity index (χ4n) is 3.05. The summed E-state index contributed by atoms with van der Waals surface area (Å²) in [5.41, 5.74) is 0.934. The Morgan fingerprint density at radius 1 is 1.25 bits per heavy atom. The Balaban J connectivity index is 1.71. The summed E-state index contributed by atoms with van der Waals surface area (Å²) in [4.78, 5) is 14.2. The summed E-state index contributed by atoms with van der Waals surface area (Å²) in [6, 6.07) is 7.87. The van der Waals surface area contributed by atoms with Crippen molar-refractivity contribution in [1.82, 2.24) is 5.32 Å². The van der Waals surface area contributed by atoms with Gasteiger partial charge in [0.25, 0.3) is 0 Å². The number of hydrogen-bond acceptors (Lipinski definition) is 3. The van der Waals surface area contributed by atoms with E-state index in [1.165, 1.54) is 12.8 Å². The minimum absolute atomic E-state index is 0.184. The predicted octanol–water partition coefficient (Wildman–Crippen LogP) is 2.19. The molecule has 0 radical (unpaired) electrons. The number of carbonyl (C=O) groups excluding carboxylic acids is 1. The van der Waals surface area contributed by atoms with E-state index >= 15 is 0 Å². The summed E-state index contributed by atoms with van der Waals surface area (Å²) in [6.45, 7) is 3.51. The van der Waals surface area contributed by atoms with Gasteiger partial charge in [0.05, 0.1) is 18.7 Å². The molecular weight excluding hydrogens is 252 g/mol. The molecule has 2 heterocycles. The molecular formula is C16H22N2O2. The maximum Gasteiger partial charge on any atom is 0.230 e. The highest BCUT2D eigenvalue weighted by atomic mass is 16.5. The van der Waals surface area contributed by atoms with Crippen LogP contribution in [0.2, 0.25) is 0 Å². The molecule has 1 saturated heterocycles. The number of carbonyl (C=O) groups is 1. The van der Waals surface area contributed by atoms with Crippen molar-refractivity contribution in [3.63, 3.8) is 0 Å². The molecule has 3 rings (SSSR count). The fourth-order valence-corrected chi connectivity index (χ4v) is 3.05. The number of fused-ring (bicyclic) bond motifs is 1. The van der Waals surface area contributed by atoms with Crippen molar-refractivity contribution in [3.8, 4) is 5.75 Å². The van der Waals surface area contributed by atoms with E-state index in [4.69, 9.17) is 4.74 Å². The lowest BCUT2D eigenvalue weighted by atomic mass is 9.94. The predicted molar refractivity (Wildman–Crippen MR) is 79.1 cm³/mol. The molecule has 1 N–H and O–H groups in total. The lowest BCUT2D eigenvalue weighted by Crippen LogP contribution is -2.34. The van der Waals surface area contributed by atoms with E-state index in [-0.39, 0.29) is 5.91 Å². The first-order valence-electron chi connectivity index (χ1n) is 7.57. The molecule has 0 saturated carbocycles. The van der Waals surface area contributed by atoms with Crippen LogP contribution in [0.4, 0.5) is 5.69 Å². The number of rotatable bonds is 3. The maximum absolute atomic E-state index is 12.3. The van der Waals surface area contributed by atoms with Crippen LogP contribution in [0.15, 0.2) is 24.3 Å². The van der Waals surface area contributed by atoms with Gasteiger partial charge in [0.15, 0.2) is 0 Å². The van der Waals surface area contributed by atoms with Crippen molar-refractivity contribution in [1.29, 1.82) is 0 Å². The Labute approximate surface area is 120 Å². The number of nitrogens with zero attached hydrogens (tertiary/aromatic N) is 1. The Bertz CT molecular complexity index is 469. The van der Waals surface area contributed by atoms with E-state index in [9.17, 15) is 4.79 Å². The lowest BCUT2D eigenvalue weighted by molar-refractivity contribution is -0.118. The van der Waals surface area contributed by atoms with E-state index in [2.05, 4.69) is 5.32 Å². The van der Waals surface area contributed by atoms with Crippen molar-refractivity contribution in [2.75, 3.05) is 31.1 Å². The summed E-state index contributed by atoms with van der Waals surface area (Å²) < 4.78 is 5.67. The second-order valence-electron chi connectivity index (χ2n) is 5.59. The second kappa shape index (κ2) is 6.27. The van der Waals surface area contributed by atoms with Crippen LogP contribution in [0.3, 0.4) is 0 Å². The molecule has 0 spiro atoms. The Morgan fingerprint density at radius 2 is 2.05 bits per heavy atom. The molecule has 1 aromatic rings. The number of ether oxygens (including phenoxy) is 1. The monoisotopic (exact) mass is 274 g/mol. The minimum atomic E-state index is 0.184. The molecule has 0 bridgehead atoms. The van der Waals surface area contributed by atoms with Crippen LogP contribution >= 0.6 is 0 Å². The number of hydrogen-bond donors (Lipinski definition) is 1. The number of anilines is 1. The smallest absolute Gasteiger partial charge is 0.230 e. The molecule has 108 valence electrons. The first-order valence-corrected chi connectivity index (χ1v) is 7.57. The average molecular weight is 274 g/mol. The van der Waals surface area contributed by atoms with Crippen molar-refractivity contribution in [2.24, 2.45) is 5.92 Å². The topological polar surface area (TPSA) is 41.6 Å². The molecule has 4 heteroatoms. The van der Waals surface area contributed by atoms with Gasteiger partial charge < -0.3 is 15.0 Å². The third kappa shape index (κ3) is 2.96. The highest BCUT2D eigenvalue weighted by Gasteiger charge is 2.24. The van der Waals surface area contributed by atoms with E-state index in [0.717, 1.165) is 43.4 Å². The van der Waals surface area contributed by atoms with Gasteiger partial charge in [-0.3, -0.25) is 4.79 Å². The third-order valence-corrected chi connectivity index (χ3v) is 4.25. The molecule has 0 aromatic heterocycles. The zero-order valence-electron chi connectivity index (χ0n) is 11.8. The highest BCUT2D eigenvalue weighted by Crippen LogP contribution is 2.31. The van der Waals surface area contributed by atoms with E-state index in [0.29, 0.717) is 13.0 Å². The fraction of sp³-hybridized carbons (Fsp3) is 0.562. The summed E-state index contributed by atoms with van der Waals surface area (Å²) in [6.07, 6.45) is 4.00. The molecule has 0 unspecified atom stereocenters. The summed E-state index contributed by atoms with van der Waals surface area (Å²) in [5.74, 6) is 1.76. The molecule has 1 amide bonds. The van der Waals surface area contributed by atoms with Crippen LogP contribution < -0.4 is 15.0 Å². The van der Waals surface area contributed by atoms with Gasteiger partial charge in [-0.25, -0.2) is 0 Å². The summed E-state index contributed by atoms with van der Waals surface area (Å²) in [5, 5.41) is 3.39. The SMILES string of the molecule is O=C1CCOc2ccccc2N1CCC1CCNCC1. The molecule has 0 aliphatic carbocycles. The minimum Gasteiger partial charge on any atom is -0.491 e. The van der Waals surface area contributed by atoms with Gasteiger partial charge >= 0.3 is 0 Å². The largest absolute Gasteiger partial charge is 0.491 e. The standard InChI is InChI=1S/C16H22N2O2/c19-16-8-12-20-15-4-2-1-3-14(15)18(16)11-7-13-5-9-17-10-6-13/h1-4,13,17H,5-12H2. The average Bonchev–Trinajstić information content (AvgIpc) is 2.65. The third-order valence-electron chi connectivity index (χ3n) is 4.25. The van der Waals surface area contributed by atoms with E-state index < -0.39 is 0 Å². The summed E-state index contributed by atoms with van der Waals surface area (Å²) >= 11 is 0. The Hall–Kier alpha value is -1.55. The van der Waals surface area contributed by atoms with Gasteiger partial charge in [-0.05, 0) is 50.4 Å². The first-order chi connectivity index (χ1) is 9.84. The van der Waals surface area contributed by atoms with Gasteiger partial charge in [0, 0.05) is 6.54 Å². The van der Waals surface area contributed by atoms with Gasteiger partial charge in [0.1, 0.15) is 5.75 Å². The van der Waals surface area contributed by atoms with Crippen molar-refractivity contribution in [3.05, 3.63) is 24.3 Å². The highest BCUT2D eigenvalue weighted by molar-refractivity contribution is 5.95. The van der Waals surface area contributed by atoms with Crippen LogP contribution in [0.1, 0.15) is 25.7 Å². The molecule has 2 aliphatic heterocycles. The van der Waals surface area contributed by atoms with E-state index in [1.807, 2.05) is 29.2 Å². The zero-order valence-corrected chi connectivity index (χ0v) is 11.8. The molecule has 4 nitrogen and oxygen atoms in total. The Morgan fingerprint density at radius 3 is 2.90 bits per heavy atom. The van der Waals surface area contributed by atoms with E-state index in [1.54, 1.807) is 0 Å². The number of para-hydroxylation sites is 2. The number of benzene rings is 1. The lowest BCUT2D eigenvalue weighted by Gasteiger charge is -2.27. The number of piperidine rings is 1. The second-order valence-corrected chi connectivity index (χ2v) is 5.59. The van der Waals surface area contributed by atoms with Crippen LogP contribution in [-0.2, 0) is 4.79 Å². The van der Waals surface area contributed by atoms with Crippen molar-refractivity contribution < 1.29 is 9.53 Å². The maximum atomic E-state index is 12.3. The van der Waals surface area contributed by atoms with Gasteiger partial charge in [-0.2, -0.15) is 0 Å². The van der Waals surface area contributed by atoms with Crippen LogP contribution in [0, 0.1) is 5.92 Å². The van der Waals surface area contributed by atoms with Crippen molar-refractivity contribution in [2.45, 2.75) is 25.7 Å². The van der Waals surface area contributed by atoms with Crippen LogP contribution in [0.25, 0.3) is 0 Å². The molecule has 2 aliphatic rings. The first kappa shape index (κ1) is 13.4. The van der Waals surface area contributed by atoms with Crippen LogP contribution in [-0.4, -0.2) is 32.1 Å². The van der Waals surface area contributed by atoms with Gasteiger partial charge in [-0.15, -0.1) is 0 Å². The molecule has 1 fully saturated rings. The number of nitrogens with one attached hydrogen (secondary N) is 1. The normalized spacial score (nSPS) is 20.2. The van der Waals surface area contributed by atoms with Crippen molar-refractivity contribution >= 4 is 11.6 Å².